The third kappa shape index (κ3) is 4.98. The summed E-state index contributed by atoms with van der Waals surface area (Å²) in [4.78, 5) is 8.26. The molecule has 0 atom stereocenters. The molecule has 0 spiro atoms. The van der Waals surface area contributed by atoms with Crippen LogP contribution in [0, 0.1) is 0 Å². The normalized spacial score (nSPS) is 11.8. The lowest BCUT2D eigenvalue weighted by molar-refractivity contribution is -0.190. The van der Waals surface area contributed by atoms with E-state index in [1.807, 2.05) is 30.3 Å². The van der Waals surface area contributed by atoms with Gasteiger partial charge in [0.1, 0.15) is 6.54 Å². The van der Waals surface area contributed by atoms with Gasteiger partial charge in [-0.2, -0.15) is 23.6 Å². The zero-order valence-electron chi connectivity index (χ0n) is 10.4. The number of hydrogen-bond donors (Lipinski definition) is 1. The third-order valence-electron chi connectivity index (χ3n) is 2.28. The largest absolute Gasteiger partial charge is 0.413 e. The molecule has 0 fully saturated rings. The number of aromatic nitrogens is 2. The van der Waals surface area contributed by atoms with Crippen molar-refractivity contribution in [2.75, 3.05) is 6.61 Å². The Morgan fingerprint density at radius 3 is 2.65 bits per heavy atom. The Morgan fingerprint density at radius 2 is 1.95 bits per heavy atom. The average Bonchev–Trinajstić information content (AvgIpc) is 2.82. The molecule has 0 bridgehead atoms. The first kappa shape index (κ1) is 14.5. The lowest BCUT2D eigenvalue weighted by Gasteiger charge is -2.06. The monoisotopic (exact) mass is 287 g/mol. The fraction of sp³-hybridized carbons (Fsp3) is 0.333. The van der Waals surface area contributed by atoms with Gasteiger partial charge in [-0.05, 0) is 5.56 Å². The predicted molar refractivity (Wildman–Crippen MR) is 62.4 cm³/mol. The second-order valence-electron chi connectivity index (χ2n) is 3.99. The zero-order valence-corrected chi connectivity index (χ0v) is 10.4. The van der Waals surface area contributed by atoms with Crippen LogP contribution in [0.4, 0.5) is 13.2 Å². The van der Waals surface area contributed by atoms with Crippen molar-refractivity contribution in [3.63, 3.8) is 0 Å². The SMILES string of the molecule is FC(F)(F)CONCc1nc(Cc2ccccc2)no1. The number of halogens is 3. The summed E-state index contributed by atoms with van der Waals surface area (Å²) >= 11 is 0. The quantitative estimate of drug-likeness (QED) is 0.652. The highest BCUT2D eigenvalue weighted by Gasteiger charge is 2.27. The Hall–Kier alpha value is -1.93. The van der Waals surface area contributed by atoms with Crippen molar-refractivity contribution < 1.29 is 22.5 Å². The Balaban J connectivity index is 1.78. The van der Waals surface area contributed by atoms with E-state index in [-0.39, 0.29) is 12.4 Å². The van der Waals surface area contributed by atoms with E-state index < -0.39 is 12.8 Å². The molecule has 0 unspecified atom stereocenters. The van der Waals surface area contributed by atoms with Crippen molar-refractivity contribution in [2.24, 2.45) is 0 Å². The van der Waals surface area contributed by atoms with Crippen LogP contribution < -0.4 is 5.48 Å². The molecule has 1 aromatic carbocycles. The summed E-state index contributed by atoms with van der Waals surface area (Å²) in [5.74, 6) is 0.627. The lowest BCUT2D eigenvalue weighted by Crippen LogP contribution is -2.24. The summed E-state index contributed by atoms with van der Waals surface area (Å²) in [6, 6.07) is 9.51. The second-order valence-corrected chi connectivity index (χ2v) is 3.99. The van der Waals surface area contributed by atoms with Crippen LogP contribution in [0.15, 0.2) is 34.9 Å². The highest BCUT2D eigenvalue weighted by Crippen LogP contribution is 2.13. The average molecular weight is 287 g/mol. The number of alkyl halides is 3. The van der Waals surface area contributed by atoms with Crippen LogP contribution in [0.5, 0.6) is 0 Å². The molecule has 2 rings (SSSR count). The van der Waals surface area contributed by atoms with E-state index in [4.69, 9.17) is 4.52 Å². The molecule has 1 heterocycles. The lowest BCUT2D eigenvalue weighted by atomic mass is 10.1. The van der Waals surface area contributed by atoms with Crippen LogP contribution in [-0.2, 0) is 17.8 Å². The van der Waals surface area contributed by atoms with Gasteiger partial charge in [0, 0.05) is 6.42 Å². The van der Waals surface area contributed by atoms with E-state index >= 15 is 0 Å². The first-order chi connectivity index (χ1) is 9.53. The summed E-state index contributed by atoms with van der Waals surface area (Å²) in [6.45, 7) is -1.46. The maximum absolute atomic E-state index is 11.8. The van der Waals surface area contributed by atoms with E-state index in [1.54, 1.807) is 0 Å². The van der Waals surface area contributed by atoms with Gasteiger partial charge in [0.05, 0.1) is 0 Å². The highest BCUT2D eigenvalue weighted by molar-refractivity contribution is 5.18. The molecule has 8 heteroatoms. The zero-order chi connectivity index (χ0) is 14.4. The first-order valence-corrected chi connectivity index (χ1v) is 5.80. The molecule has 2 aromatic rings. The van der Waals surface area contributed by atoms with E-state index in [0.29, 0.717) is 12.2 Å². The van der Waals surface area contributed by atoms with Gasteiger partial charge in [-0.15, -0.1) is 0 Å². The van der Waals surface area contributed by atoms with E-state index in [1.165, 1.54) is 0 Å². The van der Waals surface area contributed by atoms with Gasteiger partial charge >= 0.3 is 6.18 Å². The van der Waals surface area contributed by atoms with E-state index in [9.17, 15) is 13.2 Å². The van der Waals surface area contributed by atoms with Crippen molar-refractivity contribution in [1.29, 1.82) is 0 Å². The fourth-order valence-corrected chi connectivity index (χ4v) is 1.46. The van der Waals surface area contributed by atoms with Crippen molar-refractivity contribution in [3.05, 3.63) is 47.6 Å². The summed E-state index contributed by atoms with van der Waals surface area (Å²) in [7, 11) is 0. The minimum absolute atomic E-state index is 0.0854. The molecule has 0 amide bonds. The number of hydroxylamine groups is 1. The summed E-state index contributed by atoms with van der Waals surface area (Å²) in [5.41, 5.74) is 3.13. The van der Waals surface area contributed by atoms with E-state index in [0.717, 1.165) is 5.56 Å². The molecule has 20 heavy (non-hydrogen) atoms. The van der Waals surface area contributed by atoms with Crippen LogP contribution in [0.1, 0.15) is 17.3 Å². The molecule has 0 radical (unpaired) electrons. The summed E-state index contributed by atoms with van der Waals surface area (Å²) in [6.07, 6.45) is -3.88. The molecular formula is C12H12F3N3O2. The molecule has 0 saturated carbocycles. The Bertz CT molecular complexity index is 528. The Labute approximate surface area is 112 Å². The third-order valence-corrected chi connectivity index (χ3v) is 2.28. The van der Waals surface area contributed by atoms with Crippen molar-refractivity contribution >= 4 is 0 Å². The van der Waals surface area contributed by atoms with Crippen molar-refractivity contribution in [3.8, 4) is 0 Å². The summed E-state index contributed by atoms with van der Waals surface area (Å²) < 4.78 is 40.3. The molecule has 0 aliphatic heterocycles. The van der Waals surface area contributed by atoms with Crippen LogP contribution in [0.25, 0.3) is 0 Å². The Morgan fingerprint density at radius 1 is 1.20 bits per heavy atom. The van der Waals surface area contributed by atoms with Crippen molar-refractivity contribution in [1.82, 2.24) is 15.6 Å². The molecular weight excluding hydrogens is 275 g/mol. The van der Waals surface area contributed by atoms with Crippen LogP contribution >= 0.6 is 0 Å². The van der Waals surface area contributed by atoms with Crippen molar-refractivity contribution in [2.45, 2.75) is 19.1 Å². The van der Waals surface area contributed by atoms with Gasteiger partial charge < -0.3 is 4.52 Å². The number of nitrogens with zero attached hydrogens (tertiary/aromatic N) is 2. The fourth-order valence-electron chi connectivity index (χ4n) is 1.46. The van der Waals surface area contributed by atoms with Gasteiger partial charge in [-0.25, -0.2) is 0 Å². The minimum atomic E-state index is -4.37. The van der Waals surface area contributed by atoms with Gasteiger partial charge in [0.15, 0.2) is 12.4 Å². The highest BCUT2D eigenvalue weighted by atomic mass is 19.4. The molecule has 1 N–H and O–H groups in total. The van der Waals surface area contributed by atoms with E-state index in [2.05, 4.69) is 20.5 Å². The van der Waals surface area contributed by atoms with Gasteiger partial charge in [-0.1, -0.05) is 35.5 Å². The molecule has 0 saturated heterocycles. The molecule has 0 aliphatic rings. The molecule has 108 valence electrons. The number of rotatable bonds is 6. The van der Waals surface area contributed by atoms with Crippen LogP contribution in [-0.4, -0.2) is 22.9 Å². The number of nitrogens with one attached hydrogen (secondary N) is 1. The topological polar surface area (TPSA) is 60.2 Å². The first-order valence-electron chi connectivity index (χ1n) is 5.80. The number of hydrogen-bond acceptors (Lipinski definition) is 5. The smallest absolute Gasteiger partial charge is 0.338 e. The van der Waals surface area contributed by atoms with Gasteiger partial charge in [0.25, 0.3) is 0 Å². The number of benzene rings is 1. The molecule has 0 aliphatic carbocycles. The van der Waals surface area contributed by atoms with Crippen LogP contribution in [0.2, 0.25) is 0 Å². The summed E-state index contributed by atoms with van der Waals surface area (Å²) in [5, 5.41) is 3.74. The van der Waals surface area contributed by atoms with Crippen LogP contribution in [0.3, 0.4) is 0 Å². The van der Waals surface area contributed by atoms with Gasteiger partial charge in [0.2, 0.25) is 5.89 Å². The second kappa shape index (κ2) is 6.49. The minimum Gasteiger partial charge on any atom is -0.338 e. The predicted octanol–water partition coefficient (Wildman–Crippen LogP) is 2.24. The molecule has 1 aromatic heterocycles. The Kier molecular flexibility index (Phi) is 4.70. The maximum Gasteiger partial charge on any atom is 0.413 e. The molecule has 5 nitrogen and oxygen atoms in total. The van der Waals surface area contributed by atoms with Gasteiger partial charge in [-0.3, -0.25) is 4.84 Å². The standard InChI is InChI=1S/C12H12F3N3O2/c13-12(14,15)8-19-16-7-11-17-10(18-20-11)6-9-4-2-1-3-5-9/h1-5,16H,6-8H2. The maximum atomic E-state index is 11.8.